The molecule has 2 fully saturated rings. The minimum atomic E-state index is -2.58. The van der Waals surface area contributed by atoms with Crippen molar-refractivity contribution in [2.75, 3.05) is 26.2 Å². The van der Waals surface area contributed by atoms with E-state index in [4.69, 9.17) is 4.74 Å². The predicted octanol–water partition coefficient (Wildman–Crippen LogP) is 1.27. The number of nitrogens with one attached hydrogen (secondary N) is 1. The molecule has 1 aromatic rings. The molecule has 3 atom stereocenters. The van der Waals surface area contributed by atoms with Crippen molar-refractivity contribution in [3.63, 3.8) is 0 Å². The second-order valence-electron chi connectivity index (χ2n) is 6.45. The molecule has 1 aromatic heterocycles. The number of aliphatic hydroxyl groups is 1. The van der Waals surface area contributed by atoms with Gasteiger partial charge in [0.25, 0.3) is 5.92 Å². The summed E-state index contributed by atoms with van der Waals surface area (Å²) in [6, 6.07) is 3.33. The Morgan fingerprint density at radius 2 is 2.21 bits per heavy atom. The summed E-state index contributed by atoms with van der Waals surface area (Å²) >= 11 is 1.51. The smallest absolute Gasteiger partial charge is 0.250 e. The summed E-state index contributed by atoms with van der Waals surface area (Å²) in [6.45, 7) is 1.25. The van der Waals surface area contributed by atoms with Crippen molar-refractivity contribution in [2.45, 2.75) is 43.4 Å². The van der Waals surface area contributed by atoms with Crippen molar-refractivity contribution in [1.82, 2.24) is 10.2 Å². The lowest BCUT2D eigenvalue weighted by molar-refractivity contribution is -0.121. The first-order valence-corrected chi connectivity index (χ1v) is 9.02. The molecule has 3 heterocycles. The number of hydrogen-bond acceptors (Lipinski definition) is 5. The molecule has 2 N–H and O–H groups in total. The van der Waals surface area contributed by atoms with Gasteiger partial charge in [-0.3, -0.25) is 4.79 Å². The molecule has 134 valence electrons. The van der Waals surface area contributed by atoms with Gasteiger partial charge in [0.05, 0.1) is 25.2 Å². The number of aliphatic hydroxyl groups excluding tert-OH is 1. The van der Waals surface area contributed by atoms with Gasteiger partial charge in [-0.05, 0) is 11.4 Å². The molecule has 5 nitrogen and oxygen atoms in total. The molecular weight excluding hydrogens is 338 g/mol. The van der Waals surface area contributed by atoms with Gasteiger partial charge < -0.3 is 20.1 Å². The summed E-state index contributed by atoms with van der Waals surface area (Å²) in [5.41, 5.74) is 0. The molecule has 0 aromatic carbocycles. The third kappa shape index (κ3) is 4.50. The van der Waals surface area contributed by atoms with E-state index < -0.39 is 24.2 Å². The van der Waals surface area contributed by atoms with Gasteiger partial charge in [0.15, 0.2) is 0 Å². The van der Waals surface area contributed by atoms with Crippen LogP contribution in [0.25, 0.3) is 0 Å². The fourth-order valence-electron chi connectivity index (χ4n) is 3.12. The Kier molecular flexibility index (Phi) is 5.49. The Labute approximate surface area is 143 Å². The summed E-state index contributed by atoms with van der Waals surface area (Å²) in [4.78, 5) is 14.9. The van der Waals surface area contributed by atoms with E-state index in [-0.39, 0.29) is 31.8 Å². The molecule has 0 radical (unpaired) electrons. The van der Waals surface area contributed by atoms with E-state index >= 15 is 0 Å². The SMILES string of the molecule is O=C(Cc1cccs1)NC1COC(CN2CCC(F)(F)CC2)C1O. The molecule has 1 amide bonds. The number of carbonyl (C=O) groups excluding carboxylic acids is 1. The van der Waals surface area contributed by atoms with Crippen LogP contribution in [-0.2, 0) is 16.0 Å². The number of carbonyl (C=O) groups is 1. The van der Waals surface area contributed by atoms with E-state index in [9.17, 15) is 18.7 Å². The topological polar surface area (TPSA) is 61.8 Å². The number of thiophene rings is 1. The van der Waals surface area contributed by atoms with Crippen LogP contribution in [-0.4, -0.2) is 66.3 Å². The van der Waals surface area contributed by atoms with Crippen molar-refractivity contribution in [3.8, 4) is 0 Å². The first-order chi connectivity index (χ1) is 11.4. The average Bonchev–Trinajstić information content (AvgIpc) is 3.14. The number of halogens is 2. The number of alkyl halides is 2. The maximum atomic E-state index is 13.2. The standard InChI is InChI=1S/C16H22F2N2O3S/c17-16(18)3-5-20(6-4-16)9-13-15(22)12(10-23-13)19-14(21)8-11-2-1-7-24-11/h1-2,7,12-13,15,22H,3-6,8-10H2,(H,19,21). The highest BCUT2D eigenvalue weighted by Crippen LogP contribution is 2.28. The third-order valence-corrected chi connectivity index (χ3v) is 5.45. The normalized spacial score (nSPS) is 30.4. The van der Waals surface area contributed by atoms with E-state index in [0.29, 0.717) is 19.6 Å². The van der Waals surface area contributed by atoms with Crippen LogP contribution in [0, 0.1) is 0 Å². The third-order valence-electron chi connectivity index (χ3n) is 4.57. The van der Waals surface area contributed by atoms with Crippen LogP contribution in [0.2, 0.25) is 0 Å². The van der Waals surface area contributed by atoms with Crippen LogP contribution >= 0.6 is 11.3 Å². The van der Waals surface area contributed by atoms with Gasteiger partial charge in [0.2, 0.25) is 5.91 Å². The molecule has 0 saturated carbocycles. The maximum Gasteiger partial charge on any atom is 0.250 e. The highest BCUT2D eigenvalue weighted by molar-refractivity contribution is 7.10. The predicted molar refractivity (Wildman–Crippen MR) is 86.3 cm³/mol. The number of hydrogen-bond donors (Lipinski definition) is 2. The van der Waals surface area contributed by atoms with Gasteiger partial charge in [-0.15, -0.1) is 11.3 Å². The largest absolute Gasteiger partial charge is 0.388 e. The molecule has 0 spiro atoms. The molecule has 2 aliphatic rings. The number of likely N-dealkylation sites (tertiary alicyclic amines) is 1. The fraction of sp³-hybridized carbons (Fsp3) is 0.688. The van der Waals surface area contributed by atoms with Crippen LogP contribution in [0.15, 0.2) is 17.5 Å². The zero-order valence-electron chi connectivity index (χ0n) is 13.3. The summed E-state index contributed by atoms with van der Waals surface area (Å²) in [5, 5.41) is 15.1. The number of nitrogens with zero attached hydrogens (tertiary/aromatic N) is 1. The van der Waals surface area contributed by atoms with Crippen molar-refractivity contribution < 1.29 is 23.4 Å². The monoisotopic (exact) mass is 360 g/mol. The van der Waals surface area contributed by atoms with E-state index in [1.165, 1.54) is 11.3 Å². The Balaban J connectivity index is 1.44. The number of ether oxygens (including phenoxy) is 1. The minimum Gasteiger partial charge on any atom is -0.388 e. The first kappa shape index (κ1) is 17.7. The Bertz CT molecular complexity index is 546. The van der Waals surface area contributed by atoms with Gasteiger partial charge in [-0.1, -0.05) is 6.07 Å². The lowest BCUT2D eigenvalue weighted by Gasteiger charge is -2.33. The molecule has 0 aliphatic carbocycles. The number of rotatable bonds is 5. The molecular formula is C16H22F2N2O3S. The number of piperidine rings is 1. The molecule has 2 aliphatic heterocycles. The van der Waals surface area contributed by atoms with Gasteiger partial charge in [-0.25, -0.2) is 8.78 Å². The van der Waals surface area contributed by atoms with Gasteiger partial charge in [-0.2, -0.15) is 0 Å². The molecule has 0 bridgehead atoms. The summed E-state index contributed by atoms with van der Waals surface area (Å²) in [5.74, 6) is -2.73. The highest BCUT2D eigenvalue weighted by Gasteiger charge is 2.40. The van der Waals surface area contributed by atoms with Crippen LogP contribution < -0.4 is 5.32 Å². The van der Waals surface area contributed by atoms with Crippen molar-refractivity contribution >= 4 is 17.2 Å². The van der Waals surface area contributed by atoms with Crippen LogP contribution in [0.4, 0.5) is 8.78 Å². The zero-order chi connectivity index (χ0) is 17.2. The lowest BCUT2D eigenvalue weighted by Crippen LogP contribution is -2.49. The van der Waals surface area contributed by atoms with E-state index in [1.54, 1.807) is 0 Å². The second-order valence-corrected chi connectivity index (χ2v) is 7.48. The quantitative estimate of drug-likeness (QED) is 0.830. The second kappa shape index (κ2) is 7.43. The van der Waals surface area contributed by atoms with E-state index in [1.807, 2.05) is 22.4 Å². The summed E-state index contributed by atoms with van der Waals surface area (Å²) in [7, 11) is 0. The van der Waals surface area contributed by atoms with Crippen LogP contribution in [0.5, 0.6) is 0 Å². The number of amides is 1. The maximum absolute atomic E-state index is 13.2. The van der Waals surface area contributed by atoms with Crippen molar-refractivity contribution in [3.05, 3.63) is 22.4 Å². The summed E-state index contributed by atoms with van der Waals surface area (Å²) < 4.78 is 31.9. The van der Waals surface area contributed by atoms with Crippen molar-refractivity contribution in [2.24, 2.45) is 0 Å². The molecule has 3 rings (SSSR count). The van der Waals surface area contributed by atoms with Crippen molar-refractivity contribution in [1.29, 1.82) is 0 Å². The van der Waals surface area contributed by atoms with Gasteiger partial charge in [0, 0.05) is 37.4 Å². The van der Waals surface area contributed by atoms with Crippen LogP contribution in [0.3, 0.4) is 0 Å². The minimum absolute atomic E-state index is 0.150. The lowest BCUT2D eigenvalue weighted by atomic mass is 10.0. The van der Waals surface area contributed by atoms with Crippen LogP contribution in [0.1, 0.15) is 17.7 Å². The first-order valence-electron chi connectivity index (χ1n) is 8.14. The Hall–Kier alpha value is -1.09. The van der Waals surface area contributed by atoms with E-state index in [2.05, 4.69) is 5.32 Å². The summed E-state index contributed by atoms with van der Waals surface area (Å²) in [6.07, 6.45) is -1.30. The Morgan fingerprint density at radius 3 is 2.88 bits per heavy atom. The fourth-order valence-corrected chi connectivity index (χ4v) is 3.82. The zero-order valence-corrected chi connectivity index (χ0v) is 14.1. The molecule has 24 heavy (non-hydrogen) atoms. The molecule has 8 heteroatoms. The average molecular weight is 360 g/mol. The van der Waals surface area contributed by atoms with Gasteiger partial charge >= 0.3 is 0 Å². The van der Waals surface area contributed by atoms with E-state index in [0.717, 1.165) is 4.88 Å². The Morgan fingerprint density at radius 1 is 1.46 bits per heavy atom. The van der Waals surface area contributed by atoms with Gasteiger partial charge in [0.1, 0.15) is 6.10 Å². The highest BCUT2D eigenvalue weighted by atomic mass is 32.1. The molecule has 2 saturated heterocycles. The molecule has 3 unspecified atom stereocenters.